The number of ether oxygens (including phenoxy) is 1. The Morgan fingerprint density at radius 2 is 2.07 bits per heavy atom. The number of aliphatic hydroxyl groups excluding tert-OH is 1. The molecular formula is C21H31N3O3S. The first kappa shape index (κ1) is 22.5. The van der Waals surface area contributed by atoms with Gasteiger partial charge in [0.05, 0.1) is 0 Å². The number of carbonyl (C=O) groups excluding carboxylic acids is 1. The van der Waals surface area contributed by atoms with Crippen molar-refractivity contribution in [3.05, 3.63) is 36.7 Å². The molecule has 0 aliphatic rings. The average Bonchev–Trinajstić information content (AvgIpc) is 2.65. The number of nitrogens with zero attached hydrogens (tertiary/aromatic N) is 2. The second-order valence-corrected chi connectivity index (χ2v) is 8.89. The van der Waals surface area contributed by atoms with Gasteiger partial charge in [-0.25, -0.2) is 4.79 Å². The van der Waals surface area contributed by atoms with E-state index in [1.165, 1.54) is 0 Å². The van der Waals surface area contributed by atoms with Crippen LogP contribution in [0.25, 0.3) is 10.8 Å². The lowest BCUT2D eigenvalue weighted by molar-refractivity contribution is 0.0240. The van der Waals surface area contributed by atoms with Crippen LogP contribution >= 0.6 is 11.9 Å². The molecule has 7 heteroatoms. The molecule has 0 radical (unpaired) electrons. The van der Waals surface area contributed by atoms with Gasteiger partial charge in [0.2, 0.25) is 0 Å². The van der Waals surface area contributed by atoms with Gasteiger partial charge in [-0.3, -0.25) is 9.71 Å². The zero-order valence-corrected chi connectivity index (χ0v) is 18.0. The van der Waals surface area contributed by atoms with Gasteiger partial charge in [-0.1, -0.05) is 13.0 Å². The van der Waals surface area contributed by atoms with Crippen LogP contribution < -0.4 is 4.72 Å². The highest BCUT2D eigenvalue weighted by Crippen LogP contribution is 2.21. The highest BCUT2D eigenvalue weighted by molar-refractivity contribution is 7.97. The number of amides is 1. The minimum atomic E-state index is -0.528. The third-order valence-corrected chi connectivity index (χ3v) is 4.98. The molecule has 2 aromatic rings. The number of aliphatic hydroxyl groups is 1. The topological polar surface area (TPSA) is 74.7 Å². The lowest BCUT2D eigenvalue weighted by Crippen LogP contribution is -2.40. The average molecular weight is 406 g/mol. The van der Waals surface area contributed by atoms with Gasteiger partial charge >= 0.3 is 6.09 Å². The molecule has 6 nitrogen and oxygen atoms in total. The van der Waals surface area contributed by atoms with Gasteiger partial charge in [0, 0.05) is 48.9 Å². The van der Waals surface area contributed by atoms with Crippen molar-refractivity contribution in [1.29, 1.82) is 0 Å². The molecule has 0 unspecified atom stereocenters. The first-order valence-electron chi connectivity index (χ1n) is 9.61. The number of hydrogen-bond donors (Lipinski definition) is 2. The Hall–Kier alpha value is -1.83. The van der Waals surface area contributed by atoms with Crippen molar-refractivity contribution in [3.63, 3.8) is 0 Å². The van der Waals surface area contributed by atoms with Crippen LogP contribution in [0.1, 0.15) is 34.1 Å². The highest BCUT2D eigenvalue weighted by Gasteiger charge is 2.22. The first-order chi connectivity index (χ1) is 13.3. The Morgan fingerprint density at radius 1 is 1.29 bits per heavy atom. The largest absolute Gasteiger partial charge is 0.444 e. The Balaban J connectivity index is 1.87. The molecule has 0 saturated carbocycles. The zero-order valence-electron chi connectivity index (χ0n) is 17.1. The third-order valence-electron chi connectivity index (χ3n) is 4.14. The highest BCUT2D eigenvalue weighted by atomic mass is 32.2. The fourth-order valence-electron chi connectivity index (χ4n) is 2.53. The van der Waals surface area contributed by atoms with Crippen LogP contribution in [0.5, 0.6) is 0 Å². The summed E-state index contributed by atoms with van der Waals surface area (Å²) in [7, 11) is 0. The molecule has 0 aliphatic carbocycles. The molecule has 0 saturated heterocycles. The standard InChI is InChI=1S/C21H31N3O3S/c1-16(15-25)8-11-24(20(26)27-21(2,3)4)12-10-23-28-19-6-5-18-14-22-9-7-17(18)13-19/h5-7,9,13-14,16,23,25H,8,10-12,15H2,1-4H3/t16-/m1/s1. The van der Waals surface area contributed by atoms with Gasteiger partial charge in [0.1, 0.15) is 5.60 Å². The van der Waals surface area contributed by atoms with E-state index in [4.69, 9.17) is 4.74 Å². The summed E-state index contributed by atoms with van der Waals surface area (Å²) >= 11 is 1.54. The lowest BCUT2D eigenvalue weighted by Gasteiger charge is -2.28. The molecule has 0 bridgehead atoms. The van der Waals surface area contributed by atoms with Gasteiger partial charge in [-0.15, -0.1) is 0 Å². The summed E-state index contributed by atoms with van der Waals surface area (Å²) in [6, 6.07) is 8.21. The second-order valence-electron chi connectivity index (χ2n) is 7.92. The number of fused-ring (bicyclic) bond motifs is 1. The van der Waals surface area contributed by atoms with Crippen LogP contribution in [0, 0.1) is 5.92 Å². The Bertz CT molecular complexity index is 764. The van der Waals surface area contributed by atoms with Crippen molar-refractivity contribution in [1.82, 2.24) is 14.6 Å². The molecule has 0 aliphatic heterocycles. The Kier molecular flexibility index (Phi) is 8.54. The van der Waals surface area contributed by atoms with Crippen molar-refractivity contribution in [2.45, 2.75) is 44.6 Å². The third kappa shape index (κ3) is 7.66. The molecule has 1 atom stereocenters. The first-order valence-corrected chi connectivity index (χ1v) is 10.4. The molecule has 0 spiro atoms. The smallest absolute Gasteiger partial charge is 0.410 e. The Labute approximate surface area is 171 Å². The molecule has 154 valence electrons. The van der Waals surface area contributed by atoms with Crippen LogP contribution in [-0.4, -0.2) is 52.9 Å². The maximum Gasteiger partial charge on any atom is 0.410 e. The van der Waals surface area contributed by atoms with E-state index >= 15 is 0 Å². The van der Waals surface area contributed by atoms with Crippen molar-refractivity contribution in [2.75, 3.05) is 26.2 Å². The minimum absolute atomic E-state index is 0.119. The summed E-state index contributed by atoms with van der Waals surface area (Å²) in [6.45, 7) is 9.41. The summed E-state index contributed by atoms with van der Waals surface area (Å²) in [5.41, 5.74) is -0.528. The molecule has 1 heterocycles. The predicted molar refractivity (Wildman–Crippen MR) is 114 cm³/mol. The van der Waals surface area contributed by atoms with Crippen molar-refractivity contribution in [3.8, 4) is 0 Å². The van der Waals surface area contributed by atoms with Crippen LogP contribution in [-0.2, 0) is 4.74 Å². The number of benzene rings is 1. The van der Waals surface area contributed by atoms with E-state index in [9.17, 15) is 9.90 Å². The molecule has 1 aromatic heterocycles. The van der Waals surface area contributed by atoms with Crippen LogP contribution in [0.4, 0.5) is 4.79 Å². The molecule has 2 rings (SSSR count). The number of pyridine rings is 1. The van der Waals surface area contributed by atoms with E-state index in [1.54, 1.807) is 23.0 Å². The molecule has 28 heavy (non-hydrogen) atoms. The quantitative estimate of drug-likeness (QED) is 0.484. The van der Waals surface area contributed by atoms with Crippen molar-refractivity contribution < 1.29 is 14.6 Å². The molecular weight excluding hydrogens is 374 g/mol. The number of hydrogen-bond acceptors (Lipinski definition) is 6. The Morgan fingerprint density at radius 3 is 2.79 bits per heavy atom. The van der Waals surface area contributed by atoms with Crippen LogP contribution in [0.3, 0.4) is 0 Å². The van der Waals surface area contributed by atoms with Gasteiger partial charge in [0.15, 0.2) is 0 Å². The zero-order chi connectivity index (χ0) is 20.6. The number of rotatable bonds is 9. The maximum atomic E-state index is 12.5. The summed E-state index contributed by atoms with van der Waals surface area (Å²) < 4.78 is 8.83. The van der Waals surface area contributed by atoms with Crippen LogP contribution in [0.15, 0.2) is 41.6 Å². The fraction of sp³-hybridized carbons (Fsp3) is 0.524. The van der Waals surface area contributed by atoms with E-state index in [1.807, 2.05) is 40.0 Å². The second kappa shape index (κ2) is 10.6. The number of aromatic nitrogens is 1. The van der Waals surface area contributed by atoms with Crippen LogP contribution in [0.2, 0.25) is 0 Å². The number of nitrogens with one attached hydrogen (secondary N) is 1. The van der Waals surface area contributed by atoms with E-state index in [-0.39, 0.29) is 18.6 Å². The van der Waals surface area contributed by atoms with Gasteiger partial charge in [-0.2, -0.15) is 0 Å². The molecule has 1 amide bonds. The summed E-state index contributed by atoms with van der Waals surface area (Å²) in [6.07, 6.45) is 4.06. The van der Waals surface area contributed by atoms with E-state index < -0.39 is 5.60 Å². The molecule has 0 fully saturated rings. The normalized spacial score (nSPS) is 12.8. The number of carbonyl (C=O) groups is 1. The fourth-order valence-corrected chi connectivity index (χ4v) is 3.21. The SMILES string of the molecule is C[C@@H](CO)CCN(CCNSc1ccc2cnccc2c1)C(=O)OC(C)(C)C. The minimum Gasteiger partial charge on any atom is -0.444 e. The van der Waals surface area contributed by atoms with Crippen molar-refractivity contribution >= 4 is 28.8 Å². The summed E-state index contributed by atoms with van der Waals surface area (Å²) in [5, 5.41) is 11.5. The van der Waals surface area contributed by atoms with Gasteiger partial charge in [0.25, 0.3) is 0 Å². The van der Waals surface area contributed by atoms with Gasteiger partial charge in [-0.05, 0) is 68.6 Å². The maximum absolute atomic E-state index is 12.5. The monoisotopic (exact) mass is 405 g/mol. The van der Waals surface area contributed by atoms with Crippen molar-refractivity contribution in [2.24, 2.45) is 5.92 Å². The van der Waals surface area contributed by atoms with Gasteiger partial charge < -0.3 is 14.7 Å². The van der Waals surface area contributed by atoms with E-state index in [0.717, 1.165) is 22.1 Å². The summed E-state index contributed by atoms with van der Waals surface area (Å²) in [4.78, 5) is 19.4. The predicted octanol–water partition coefficient (Wildman–Crippen LogP) is 4.09. The molecule has 1 aromatic carbocycles. The van der Waals surface area contributed by atoms with E-state index in [2.05, 4.69) is 27.9 Å². The van der Waals surface area contributed by atoms with E-state index in [0.29, 0.717) is 19.6 Å². The summed E-state index contributed by atoms with van der Waals surface area (Å²) in [5.74, 6) is 0.152. The lowest BCUT2D eigenvalue weighted by atomic mass is 10.1. The molecule has 2 N–H and O–H groups in total.